The third-order valence-electron chi connectivity index (χ3n) is 2.49. The van der Waals surface area contributed by atoms with Crippen molar-refractivity contribution in [3.8, 4) is 0 Å². The molecule has 0 radical (unpaired) electrons. The van der Waals surface area contributed by atoms with E-state index in [1.807, 2.05) is 31.2 Å². The normalized spacial score (nSPS) is 12.2. The van der Waals surface area contributed by atoms with E-state index in [2.05, 4.69) is 31.2 Å². The minimum Gasteiger partial charge on any atom is -0.394 e. The minimum atomic E-state index is 0.0655. The standard InChI is InChI=1S/C12H12BrClN4/c1-7(8-3-2-4-9(13)5-8)17-11-10(15)6-16-12(14)18-11/h2-7H,15H2,1H3,(H,16,17,18). The van der Waals surface area contributed by atoms with Gasteiger partial charge in [0.25, 0.3) is 0 Å². The number of benzene rings is 1. The lowest BCUT2D eigenvalue weighted by molar-refractivity contribution is 0.872. The molecule has 1 aromatic heterocycles. The fourth-order valence-corrected chi connectivity index (χ4v) is 2.10. The number of nitrogens with zero attached hydrogens (tertiary/aromatic N) is 2. The first-order valence-electron chi connectivity index (χ1n) is 5.36. The Morgan fingerprint density at radius 3 is 2.94 bits per heavy atom. The molecule has 4 nitrogen and oxygen atoms in total. The van der Waals surface area contributed by atoms with Crippen LogP contribution in [0.15, 0.2) is 34.9 Å². The fourth-order valence-electron chi connectivity index (χ4n) is 1.55. The van der Waals surface area contributed by atoms with Gasteiger partial charge in [-0.2, -0.15) is 4.98 Å². The smallest absolute Gasteiger partial charge is 0.224 e. The van der Waals surface area contributed by atoms with Crippen LogP contribution < -0.4 is 11.1 Å². The van der Waals surface area contributed by atoms with Crippen LogP contribution in [-0.4, -0.2) is 9.97 Å². The molecule has 0 amide bonds. The van der Waals surface area contributed by atoms with Crippen LogP contribution in [0, 0.1) is 0 Å². The lowest BCUT2D eigenvalue weighted by Crippen LogP contribution is -2.10. The van der Waals surface area contributed by atoms with Gasteiger partial charge >= 0.3 is 0 Å². The number of rotatable bonds is 3. The van der Waals surface area contributed by atoms with E-state index in [1.54, 1.807) is 0 Å². The second-order valence-corrected chi connectivity index (χ2v) is 5.12. The SMILES string of the molecule is CC(Nc1nc(Cl)ncc1N)c1cccc(Br)c1. The molecule has 94 valence electrons. The molecule has 0 fully saturated rings. The molecule has 18 heavy (non-hydrogen) atoms. The third-order valence-corrected chi connectivity index (χ3v) is 3.16. The molecule has 0 spiro atoms. The maximum Gasteiger partial charge on any atom is 0.224 e. The average Bonchev–Trinajstić information content (AvgIpc) is 2.34. The number of anilines is 2. The molecule has 3 N–H and O–H groups in total. The van der Waals surface area contributed by atoms with Gasteiger partial charge in [0.05, 0.1) is 17.9 Å². The Morgan fingerprint density at radius 2 is 2.22 bits per heavy atom. The molecule has 1 atom stereocenters. The van der Waals surface area contributed by atoms with Crippen molar-refractivity contribution in [3.63, 3.8) is 0 Å². The van der Waals surface area contributed by atoms with Crippen molar-refractivity contribution in [2.24, 2.45) is 0 Å². The molecule has 0 aliphatic heterocycles. The number of aromatic nitrogens is 2. The van der Waals surface area contributed by atoms with Gasteiger partial charge in [0, 0.05) is 4.47 Å². The predicted octanol–water partition coefficient (Wildman–Crippen LogP) is 3.65. The Bertz CT molecular complexity index is 562. The van der Waals surface area contributed by atoms with E-state index in [0.29, 0.717) is 11.5 Å². The first kappa shape index (κ1) is 13.1. The molecule has 2 rings (SSSR count). The summed E-state index contributed by atoms with van der Waals surface area (Å²) < 4.78 is 1.03. The van der Waals surface area contributed by atoms with Gasteiger partial charge in [0.2, 0.25) is 5.28 Å². The van der Waals surface area contributed by atoms with E-state index >= 15 is 0 Å². The number of hydrogen-bond acceptors (Lipinski definition) is 4. The summed E-state index contributed by atoms with van der Waals surface area (Å²) in [5.41, 5.74) is 7.39. The molecule has 1 unspecified atom stereocenters. The molecule has 0 saturated heterocycles. The summed E-state index contributed by atoms with van der Waals surface area (Å²) in [5, 5.41) is 3.39. The highest BCUT2D eigenvalue weighted by molar-refractivity contribution is 9.10. The Morgan fingerprint density at radius 1 is 1.44 bits per heavy atom. The van der Waals surface area contributed by atoms with Crippen molar-refractivity contribution in [2.75, 3.05) is 11.1 Å². The van der Waals surface area contributed by atoms with Crippen LogP contribution in [0.5, 0.6) is 0 Å². The largest absolute Gasteiger partial charge is 0.394 e. The summed E-state index contributed by atoms with van der Waals surface area (Å²) in [7, 11) is 0. The third kappa shape index (κ3) is 3.11. The van der Waals surface area contributed by atoms with Crippen LogP contribution in [0.2, 0.25) is 5.28 Å². The average molecular weight is 328 g/mol. The molecule has 0 aliphatic carbocycles. The van der Waals surface area contributed by atoms with Crippen LogP contribution in [0.25, 0.3) is 0 Å². The molecule has 0 saturated carbocycles. The fraction of sp³-hybridized carbons (Fsp3) is 0.167. The summed E-state index contributed by atoms with van der Waals surface area (Å²) in [4.78, 5) is 7.88. The van der Waals surface area contributed by atoms with Gasteiger partial charge < -0.3 is 11.1 Å². The Balaban J connectivity index is 2.21. The van der Waals surface area contributed by atoms with Crippen LogP contribution in [0.4, 0.5) is 11.5 Å². The number of hydrogen-bond donors (Lipinski definition) is 2. The summed E-state index contributed by atoms with van der Waals surface area (Å²) in [6, 6.07) is 8.09. The van der Waals surface area contributed by atoms with Crippen molar-refractivity contribution < 1.29 is 0 Å². The van der Waals surface area contributed by atoms with Crippen molar-refractivity contribution in [1.82, 2.24) is 9.97 Å². The first-order chi connectivity index (χ1) is 8.56. The number of nitrogens with one attached hydrogen (secondary N) is 1. The molecule has 0 aliphatic rings. The zero-order valence-electron chi connectivity index (χ0n) is 9.69. The quantitative estimate of drug-likeness (QED) is 0.845. The highest BCUT2D eigenvalue weighted by atomic mass is 79.9. The zero-order chi connectivity index (χ0) is 13.1. The summed E-state index contributed by atoms with van der Waals surface area (Å²) >= 11 is 9.19. The second kappa shape index (κ2) is 5.54. The van der Waals surface area contributed by atoms with Crippen molar-refractivity contribution >= 4 is 39.0 Å². The van der Waals surface area contributed by atoms with Crippen LogP contribution in [0.3, 0.4) is 0 Å². The monoisotopic (exact) mass is 326 g/mol. The number of nitrogen functional groups attached to an aromatic ring is 1. The maximum absolute atomic E-state index is 5.79. The topological polar surface area (TPSA) is 63.8 Å². The lowest BCUT2D eigenvalue weighted by Gasteiger charge is -2.16. The lowest BCUT2D eigenvalue weighted by atomic mass is 10.1. The Labute approximate surface area is 119 Å². The van der Waals surface area contributed by atoms with Gasteiger partial charge in [0.15, 0.2) is 5.82 Å². The van der Waals surface area contributed by atoms with Crippen molar-refractivity contribution in [1.29, 1.82) is 0 Å². The zero-order valence-corrected chi connectivity index (χ0v) is 12.0. The number of halogens is 2. The summed E-state index contributed by atoms with van der Waals surface area (Å²) in [5.74, 6) is 0.544. The molecular weight excluding hydrogens is 316 g/mol. The van der Waals surface area contributed by atoms with Gasteiger partial charge in [-0.3, -0.25) is 0 Å². The van der Waals surface area contributed by atoms with E-state index < -0.39 is 0 Å². The Hall–Kier alpha value is -1.33. The highest BCUT2D eigenvalue weighted by Gasteiger charge is 2.09. The van der Waals surface area contributed by atoms with E-state index in [-0.39, 0.29) is 11.3 Å². The van der Waals surface area contributed by atoms with Gasteiger partial charge in [-0.15, -0.1) is 0 Å². The molecule has 6 heteroatoms. The Kier molecular flexibility index (Phi) is 4.04. The summed E-state index contributed by atoms with van der Waals surface area (Å²) in [6.45, 7) is 2.03. The van der Waals surface area contributed by atoms with Gasteiger partial charge in [-0.25, -0.2) is 4.98 Å². The number of nitrogens with two attached hydrogens (primary N) is 1. The van der Waals surface area contributed by atoms with Gasteiger partial charge in [-0.05, 0) is 36.2 Å². The van der Waals surface area contributed by atoms with Crippen LogP contribution in [-0.2, 0) is 0 Å². The first-order valence-corrected chi connectivity index (χ1v) is 6.53. The van der Waals surface area contributed by atoms with Crippen molar-refractivity contribution in [2.45, 2.75) is 13.0 Å². The van der Waals surface area contributed by atoms with E-state index in [0.717, 1.165) is 10.0 Å². The minimum absolute atomic E-state index is 0.0655. The van der Waals surface area contributed by atoms with Crippen molar-refractivity contribution in [3.05, 3.63) is 45.8 Å². The maximum atomic E-state index is 5.79. The summed E-state index contributed by atoms with van der Waals surface area (Å²) in [6.07, 6.45) is 1.49. The molecule has 2 aromatic rings. The van der Waals surface area contributed by atoms with E-state index in [1.165, 1.54) is 6.20 Å². The highest BCUT2D eigenvalue weighted by Crippen LogP contribution is 2.24. The van der Waals surface area contributed by atoms with Gasteiger partial charge in [0.1, 0.15) is 0 Å². The van der Waals surface area contributed by atoms with Crippen LogP contribution >= 0.6 is 27.5 Å². The van der Waals surface area contributed by atoms with Gasteiger partial charge in [-0.1, -0.05) is 28.1 Å². The predicted molar refractivity (Wildman–Crippen MR) is 77.6 cm³/mol. The second-order valence-electron chi connectivity index (χ2n) is 3.86. The molecule has 1 aromatic carbocycles. The van der Waals surface area contributed by atoms with E-state index in [9.17, 15) is 0 Å². The van der Waals surface area contributed by atoms with E-state index in [4.69, 9.17) is 17.3 Å². The molecular formula is C12H12BrClN4. The molecule has 0 bridgehead atoms. The van der Waals surface area contributed by atoms with Crippen LogP contribution in [0.1, 0.15) is 18.5 Å². The molecule has 1 heterocycles.